The summed E-state index contributed by atoms with van der Waals surface area (Å²) in [5.74, 6) is 0.277. The van der Waals surface area contributed by atoms with Gasteiger partial charge in [-0.05, 0) is 26.2 Å². The molecule has 20 heavy (non-hydrogen) atoms. The first-order chi connectivity index (χ1) is 9.31. The Kier molecular flexibility index (Phi) is 8.50. The third kappa shape index (κ3) is 5.98. The Labute approximate surface area is 128 Å². The number of rotatable bonds is 7. The molecule has 0 radical (unpaired) electrons. The van der Waals surface area contributed by atoms with Gasteiger partial charge < -0.3 is 15.4 Å². The smallest absolute Gasteiger partial charge is 0.225 e. The fourth-order valence-electron chi connectivity index (χ4n) is 2.92. The molecule has 118 valence electrons. The van der Waals surface area contributed by atoms with Gasteiger partial charge in [-0.25, -0.2) is 0 Å². The van der Waals surface area contributed by atoms with E-state index in [4.69, 9.17) is 4.74 Å². The lowest BCUT2D eigenvalue weighted by Crippen LogP contribution is -2.37. The van der Waals surface area contributed by atoms with Crippen molar-refractivity contribution < 1.29 is 9.53 Å². The predicted octanol–water partition coefficient (Wildman–Crippen LogP) is 2.26. The Morgan fingerprint density at radius 1 is 1.15 bits per heavy atom. The maximum Gasteiger partial charge on any atom is 0.225 e. The van der Waals surface area contributed by atoms with Crippen molar-refractivity contribution in [3.63, 3.8) is 0 Å². The zero-order valence-electron chi connectivity index (χ0n) is 12.5. The lowest BCUT2D eigenvalue weighted by Gasteiger charge is -2.16. The van der Waals surface area contributed by atoms with Crippen LogP contribution in [0.1, 0.15) is 51.9 Å². The number of hydrogen-bond acceptors (Lipinski definition) is 3. The summed E-state index contributed by atoms with van der Waals surface area (Å²) < 4.78 is 5.43. The number of amides is 1. The number of carbonyl (C=O) groups excluding carboxylic acids is 1. The highest BCUT2D eigenvalue weighted by Gasteiger charge is 2.43. The largest absolute Gasteiger partial charge is 0.378 e. The molecular weight excluding hydrogens is 276 g/mol. The van der Waals surface area contributed by atoms with Gasteiger partial charge in [0.2, 0.25) is 5.91 Å². The van der Waals surface area contributed by atoms with Gasteiger partial charge in [-0.1, -0.05) is 25.7 Å². The van der Waals surface area contributed by atoms with E-state index in [-0.39, 0.29) is 30.3 Å². The van der Waals surface area contributed by atoms with Crippen LogP contribution in [0.25, 0.3) is 0 Å². The maximum atomic E-state index is 11.8. The van der Waals surface area contributed by atoms with Crippen LogP contribution in [-0.2, 0) is 9.53 Å². The van der Waals surface area contributed by atoms with Crippen molar-refractivity contribution in [3.05, 3.63) is 0 Å². The minimum Gasteiger partial charge on any atom is -0.378 e. The van der Waals surface area contributed by atoms with Crippen LogP contribution in [0.5, 0.6) is 0 Å². The predicted molar refractivity (Wildman–Crippen MR) is 83.3 cm³/mol. The van der Waals surface area contributed by atoms with Gasteiger partial charge in [0.15, 0.2) is 0 Å². The maximum absolute atomic E-state index is 11.8. The van der Waals surface area contributed by atoms with Gasteiger partial charge in [0, 0.05) is 25.7 Å². The molecule has 0 aromatic rings. The van der Waals surface area contributed by atoms with E-state index >= 15 is 0 Å². The van der Waals surface area contributed by atoms with E-state index in [2.05, 4.69) is 10.6 Å². The summed E-state index contributed by atoms with van der Waals surface area (Å²) in [6.07, 6.45) is 9.14. The van der Waals surface area contributed by atoms with Gasteiger partial charge in [0.1, 0.15) is 0 Å². The average molecular weight is 305 g/mol. The Morgan fingerprint density at radius 2 is 1.85 bits per heavy atom. The van der Waals surface area contributed by atoms with Crippen LogP contribution in [0.3, 0.4) is 0 Å². The zero-order valence-corrected chi connectivity index (χ0v) is 13.3. The van der Waals surface area contributed by atoms with Gasteiger partial charge in [0.25, 0.3) is 0 Å². The van der Waals surface area contributed by atoms with E-state index in [1.165, 1.54) is 38.5 Å². The SMILES string of the molecule is CCOC1CC1C(=O)NCCNC1CCCCCC1.Cl. The first kappa shape index (κ1) is 17.7. The highest BCUT2D eigenvalue weighted by Crippen LogP contribution is 2.33. The van der Waals surface area contributed by atoms with Crippen LogP contribution in [0, 0.1) is 5.92 Å². The molecule has 2 unspecified atom stereocenters. The zero-order chi connectivity index (χ0) is 13.5. The summed E-state index contributed by atoms with van der Waals surface area (Å²) in [5.41, 5.74) is 0. The lowest BCUT2D eigenvalue weighted by atomic mass is 10.1. The number of nitrogens with one attached hydrogen (secondary N) is 2. The third-order valence-corrected chi connectivity index (χ3v) is 4.16. The van der Waals surface area contributed by atoms with Gasteiger partial charge in [0.05, 0.1) is 12.0 Å². The number of halogens is 1. The first-order valence-corrected chi connectivity index (χ1v) is 7.94. The standard InChI is InChI=1S/C15H28N2O2.ClH/c1-2-19-14-11-13(14)15(18)17-10-9-16-12-7-5-3-4-6-8-12;/h12-14,16H,2-11H2,1H3,(H,17,18);1H. The molecule has 5 heteroatoms. The van der Waals surface area contributed by atoms with E-state index in [0.717, 1.165) is 19.5 Å². The molecule has 0 bridgehead atoms. The fraction of sp³-hybridized carbons (Fsp3) is 0.933. The second kappa shape index (κ2) is 9.59. The number of carbonyl (C=O) groups is 1. The summed E-state index contributed by atoms with van der Waals surface area (Å²) in [6, 6.07) is 0.663. The van der Waals surface area contributed by atoms with Crippen molar-refractivity contribution in [1.29, 1.82) is 0 Å². The Hall–Kier alpha value is -0.320. The van der Waals surface area contributed by atoms with Gasteiger partial charge in [-0.2, -0.15) is 0 Å². The van der Waals surface area contributed by atoms with Crippen LogP contribution < -0.4 is 10.6 Å². The molecular formula is C15H29ClN2O2. The monoisotopic (exact) mass is 304 g/mol. The van der Waals surface area contributed by atoms with E-state index < -0.39 is 0 Å². The topological polar surface area (TPSA) is 50.4 Å². The molecule has 2 N–H and O–H groups in total. The second-order valence-corrected chi connectivity index (χ2v) is 5.77. The molecule has 2 aliphatic carbocycles. The normalized spacial score (nSPS) is 26.4. The van der Waals surface area contributed by atoms with E-state index in [9.17, 15) is 4.79 Å². The van der Waals surface area contributed by atoms with Crippen LogP contribution in [0.2, 0.25) is 0 Å². The van der Waals surface area contributed by atoms with Crippen molar-refractivity contribution in [2.45, 2.75) is 64.0 Å². The molecule has 0 aromatic carbocycles. The molecule has 4 nitrogen and oxygen atoms in total. The second-order valence-electron chi connectivity index (χ2n) is 5.77. The van der Waals surface area contributed by atoms with Gasteiger partial charge >= 0.3 is 0 Å². The molecule has 2 fully saturated rings. The molecule has 1 amide bonds. The Balaban J connectivity index is 0.00000200. The minimum absolute atomic E-state index is 0. The van der Waals surface area contributed by atoms with Crippen molar-refractivity contribution in [2.24, 2.45) is 5.92 Å². The molecule has 0 aromatic heterocycles. The quantitative estimate of drug-likeness (QED) is 0.560. The molecule has 0 spiro atoms. The van der Waals surface area contributed by atoms with Gasteiger partial charge in [-0.3, -0.25) is 4.79 Å². The van der Waals surface area contributed by atoms with Crippen LogP contribution in [-0.4, -0.2) is 37.7 Å². The lowest BCUT2D eigenvalue weighted by molar-refractivity contribution is -0.123. The fourth-order valence-corrected chi connectivity index (χ4v) is 2.92. The van der Waals surface area contributed by atoms with Crippen LogP contribution in [0.4, 0.5) is 0 Å². The first-order valence-electron chi connectivity index (χ1n) is 7.94. The molecule has 0 aliphatic heterocycles. The minimum atomic E-state index is 0. The summed E-state index contributed by atoms with van der Waals surface area (Å²) in [6.45, 7) is 4.31. The average Bonchev–Trinajstić information content (AvgIpc) is 3.19. The highest BCUT2D eigenvalue weighted by molar-refractivity contribution is 5.85. The van der Waals surface area contributed by atoms with Gasteiger partial charge in [-0.15, -0.1) is 12.4 Å². The summed E-state index contributed by atoms with van der Waals surface area (Å²) in [7, 11) is 0. The highest BCUT2D eigenvalue weighted by atomic mass is 35.5. The van der Waals surface area contributed by atoms with E-state index in [1.54, 1.807) is 0 Å². The van der Waals surface area contributed by atoms with Crippen molar-refractivity contribution in [2.75, 3.05) is 19.7 Å². The summed E-state index contributed by atoms with van der Waals surface area (Å²) >= 11 is 0. The van der Waals surface area contributed by atoms with Crippen LogP contribution >= 0.6 is 12.4 Å². The van der Waals surface area contributed by atoms with Crippen molar-refractivity contribution >= 4 is 18.3 Å². The number of hydrogen-bond donors (Lipinski definition) is 2. The van der Waals surface area contributed by atoms with Crippen molar-refractivity contribution in [1.82, 2.24) is 10.6 Å². The summed E-state index contributed by atoms with van der Waals surface area (Å²) in [4.78, 5) is 11.8. The molecule has 2 atom stereocenters. The Morgan fingerprint density at radius 3 is 2.50 bits per heavy atom. The molecule has 0 saturated heterocycles. The van der Waals surface area contributed by atoms with E-state index in [1.807, 2.05) is 6.92 Å². The third-order valence-electron chi connectivity index (χ3n) is 4.16. The molecule has 2 aliphatic rings. The molecule has 0 heterocycles. The Bertz CT molecular complexity index is 281. The van der Waals surface area contributed by atoms with Crippen molar-refractivity contribution in [3.8, 4) is 0 Å². The molecule has 2 saturated carbocycles. The van der Waals surface area contributed by atoms with E-state index in [0.29, 0.717) is 12.6 Å². The number of ether oxygens (including phenoxy) is 1. The molecule has 2 rings (SSSR count). The van der Waals surface area contributed by atoms with Crippen LogP contribution in [0.15, 0.2) is 0 Å². The summed E-state index contributed by atoms with van der Waals surface area (Å²) in [5, 5.41) is 6.57.